The molecule has 1 aliphatic heterocycles. The van der Waals surface area contributed by atoms with Crippen LogP contribution in [0, 0.1) is 0 Å². The molecule has 1 aromatic heterocycles. The Labute approximate surface area is 159 Å². The maximum atomic E-state index is 6.14. The number of aromatic nitrogens is 1. The van der Waals surface area contributed by atoms with Gasteiger partial charge in [-0.15, -0.1) is 0 Å². The number of nitrogens with zero attached hydrogens (tertiary/aromatic N) is 1. The number of benzene rings is 2. The minimum absolute atomic E-state index is 0.0214. The number of allylic oxidation sites excluding steroid dienone is 1. The molecule has 27 heavy (non-hydrogen) atoms. The van der Waals surface area contributed by atoms with E-state index in [0.29, 0.717) is 6.61 Å². The Hall–Kier alpha value is -2.94. The Morgan fingerprint density at radius 3 is 2.74 bits per heavy atom. The normalized spacial score (nSPS) is 19.3. The predicted molar refractivity (Wildman–Crippen MR) is 107 cm³/mol. The van der Waals surface area contributed by atoms with Crippen molar-refractivity contribution in [3.8, 4) is 11.5 Å². The molecule has 1 atom stereocenters. The van der Waals surface area contributed by atoms with Crippen molar-refractivity contribution in [1.29, 1.82) is 0 Å². The zero-order chi connectivity index (χ0) is 18.4. The molecule has 0 radical (unpaired) electrons. The van der Waals surface area contributed by atoms with E-state index in [4.69, 9.17) is 9.47 Å². The summed E-state index contributed by atoms with van der Waals surface area (Å²) < 4.78 is 14.2. The lowest BCUT2D eigenvalue weighted by Gasteiger charge is -2.39. The Balaban J connectivity index is 1.55. The summed E-state index contributed by atoms with van der Waals surface area (Å²) in [6, 6.07) is 16.8. The summed E-state index contributed by atoms with van der Waals surface area (Å²) in [4.78, 5) is 0. The van der Waals surface area contributed by atoms with Gasteiger partial charge >= 0.3 is 0 Å². The SMILES string of the molecule is COc1cc2c(cc1OCc1ccccc1)Cn1ccc3c1[C@]2(C)CC=C3. The topological polar surface area (TPSA) is 23.4 Å². The fourth-order valence-electron chi connectivity index (χ4n) is 4.58. The molecular formula is C24H23NO2. The molecule has 2 aliphatic rings. The average Bonchev–Trinajstić information content (AvgIpc) is 3.11. The lowest BCUT2D eigenvalue weighted by molar-refractivity contribution is 0.283. The third-order valence-corrected chi connectivity index (χ3v) is 5.90. The van der Waals surface area contributed by atoms with Crippen molar-refractivity contribution < 1.29 is 9.47 Å². The quantitative estimate of drug-likeness (QED) is 0.644. The zero-order valence-electron chi connectivity index (χ0n) is 15.7. The summed E-state index contributed by atoms with van der Waals surface area (Å²) in [6.07, 6.45) is 7.74. The van der Waals surface area contributed by atoms with Crippen LogP contribution in [0.2, 0.25) is 0 Å². The fourth-order valence-corrected chi connectivity index (χ4v) is 4.58. The molecule has 2 aromatic carbocycles. The first kappa shape index (κ1) is 16.2. The highest BCUT2D eigenvalue weighted by Crippen LogP contribution is 2.48. The monoisotopic (exact) mass is 357 g/mol. The van der Waals surface area contributed by atoms with Crippen LogP contribution in [0.25, 0.3) is 6.08 Å². The van der Waals surface area contributed by atoms with Crippen LogP contribution < -0.4 is 9.47 Å². The second-order valence-corrected chi connectivity index (χ2v) is 7.62. The second kappa shape index (κ2) is 6.05. The van der Waals surface area contributed by atoms with E-state index in [1.54, 1.807) is 7.11 Å². The summed E-state index contributed by atoms with van der Waals surface area (Å²) in [7, 11) is 1.72. The third kappa shape index (κ3) is 2.49. The summed E-state index contributed by atoms with van der Waals surface area (Å²) in [5.74, 6) is 1.62. The zero-order valence-corrected chi connectivity index (χ0v) is 15.7. The van der Waals surface area contributed by atoms with Crippen LogP contribution in [0.15, 0.2) is 60.8 Å². The Bertz CT molecular complexity index is 1030. The Morgan fingerprint density at radius 1 is 1.07 bits per heavy atom. The van der Waals surface area contributed by atoms with E-state index in [2.05, 4.69) is 60.2 Å². The highest BCUT2D eigenvalue weighted by Gasteiger charge is 2.40. The Kier molecular flexibility index (Phi) is 3.64. The first-order valence-electron chi connectivity index (χ1n) is 9.43. The molecule has 0 unspecified atom stereocenters. The summed E-state index contributed by atoms with van der Waals surface area (Å²) >= 11 is 0. The van der Waals surface area contributed by atoms with E-state index in [-0.39, 0.29) is 5.41 Å². The van der Waals surface area contributed by atoms with E-state index in [0.717, 1.165) is 30.0 Å². The highest BCUT2D eigenvalue weighted by molar-refractivity contribution is 5.64. The molecule has 0 saturated heterocycles. The van der Waals surface area contributed by atoms with Gasteiger partial charge in [-0.1, -0.05) is 42.5 Å². The van der Waals surface area contributed by atoms with Crippen molar-refractivity contribution in [3.63, 3.8) is 0 Å². The van der Waals surface area contributed by atoms with Crippen molar-refractivity contribution in [2.24, 2.45) is 0 Å². The van der Waals surface area contributed by atoms with Crippen molar-refractivity contribution in [3.05, 3.63) is 88.8 Å². The van der Waals surface area contributed by atoms with Crippen LogP contribution in [-0.2, 0) is 18.6 Å². The van der Waals surface area contributed by atoms with Crippen molar-refractivity contribution in [1.82, 2.24) is 4.57 Å². The van der Waals surface area contributed by atoms with Gasteiger partial charge in [0.2, 0.25) is 0 Å². The van der Waals surface area contributed by atoms with Crippen LogP contribution in [-0.4, -0.2) is 11.7 Å². The molecule has 2 heterocycles. The van der Waals surface area contributed by atoms with Gasteiger partial charge in [0, 0.05) is 23.9 Å². The molecule has 1 aliphatic carbocycles. The molecule has 3 nitrogen and oxygen atoms in total. The van der Waals surface area contributed by atoms with Crippen molar-refractivity contribution in [2.45, 2.75) is 31.9 Å². The van der Waals surface area contributed by atoms with E-state index in [1.165, 1.54) is 22.4 Å². The number of fused-ring (bicyclic) bond motifs is 2. The van der Waals surface area contributed by atoms with E-state index in [1.807, 2.05) is 18.2 Å². The van der Waals surface area contributed by atoms with Crippen LogP contribution in [0.5, 0.6) is 11.5 Å². The van der Waals surface area contributed by atoms with Gasteiger partial charge in [-0.25, -0.2) is 0 Å². The van der Waals surface area contributed by atoms with Crippen LogP contribution in [0.1, 0.15) is 41.3 Å². The summed E-state index contributed by atoms with van der Waals surface area (Å²) in [6.45, 7) is 3.75. The number of hydrogen-bond acceptors (Lipinski definition) is 2. The maximum absolute atomic E-state index is 6.14. The van der Waals surface area contributed by atoms with Gasteiger partial charge in [0.05, 0.1) is 7.11 Å². The van der Waals surface area contributed by atoms with Gasteiger partial charge in [0.1, 0.15) is 6.61 Å². The molecule has 0 fully saturated rings. The van der Waals surface area contributed by atoms with Gasteiger partial charge in [0.15, 0.2) is 11.5 Å². The molecule has 3 heteroatoms. The second-order valence-electron chi connectivity index (χ2n) is 7.62. The number of rotatable bonds is 4. The third-order valence-electron chi connectivity index (χ3n) is 5.90. The molecule has 0 saturated carbocycles. The smallest absolute Gasteiger partial charge is 0.162 e. The van der Waals surface area contributed by atoms with Crippen LogP contribution in [0.4, 0.5) is 0 Å². The first-order chi connectivity index (χ1) is 13.2. The van der Waals surface area contributed by atoms with Gasteiger partial charge in [-0.05, 0) is 53.8 Å². The molecule has 3 aromatic rings. The average molecular weight is 357 g/mol. The van der Waals surface area contributed by atoms with Gasteiger partial charge in [0.25, 0.3) is 0 Å². The van der Waals surface area contributed by atoms with E-state index >= 15 is 0 Å². The van der Waals surface area contributed by atoms with Gasteiger partial charge in [-0.3, -0.25) is 0 Å². The standard InChI is InChI=1S/C24H23NO2/c1-24-11-6-9-18-10-12-25(23(18)24)15-19-13-22(21(26-2)14-20(19)24)27-16-17-7-4-3-5-8-17/h3-10,12-14H,11,15-16H2,1-2H3/t24-/m1/s1. The molecule has 5 rings (SSSR count). The molecule has 136 valence electrons. The molecule has 0 spiro atoms. The lowest BCUT2D eigenvalue weighted by Crippen LogP contribution is -2.34. The molecule has 0 N–H and O–H groups in total. The minimum atomic E-state index is -0.0214. The molecular weight excluding hydrogens is 334 g/mol. The largest absolute Gasteiger partial charge is 0.493 e. The van der Waals surface area contributed by atoms with E-state index < -0.39 is 0 Å². The molecule has 0 bridgehead atoms. The lowest BCUT2D eigenvalue weighted by atomic mass is 9.69. The van der Waals surface area contributed by atoms with Gasteiger partial charge < -0.3 is 14.0 Å². The highest BCUT2D eigenvalue weighted by atomic mass is 16.5. The van der Waals surface area contributed by atoms with Crippen molar-refractivity contribution >= 4 is 6.08 Å². The van der Waals surface area contributed by atoms with Gasteiger partial charge in [-0.2, -0.15) is 0 Å². The number of methoxy groups -OCH3 is 1. The van der Waals surface area contributed by atoms with E-state index in [9.17, 15) is 0 Å². The van der Waals surface area contributed by atoms with Crippen LogP contribution >= 0.6 is 0 Å². The Morgan fingerprint density at radius 2 is 1.93 bits per heavy atom. The summed E-state index contributed by atoms with van der Waals surface area (Å²) in [5, 5.41) is 0. The minimum Gasteiger partial charge on any atom is -0.493 e. The number of ether oxygens (including phenoxy) is 2. The summed E-state index contributed by atoms with van der Waals surface area (Å²) in [5.41, 5.74) is 6.54. The van der Waals surface area contributed by atoms with Crippen molar-refractivity contribution in [2.75, 3.05) is 7.11 Å². The number of hydrogen-bond donors (Lipinski definition) is 0. The first-order valence-corrected chi connectivity index (χ1v) is 9.43. The molecule has 0 amide bonds. The predicted octanol–water partition coefficient (Wildman–Crippen LogP) is 5.16. The maximum Gasteiger partial charge on any atom is 0.162 e. The fraction of sp³-hybridized carbons (Fsp3) is 0.250. The van der Waals surface area contributed by atoms with Crippen LogP contribution in [0.3, 0.4) is 0 Å².